The number of halogens is 3. The van der Waals surface area contributed by atoms with Gasteiger partial charge in [0.1, 0.15) is 0 Å². The van der Waals surface area contributed by atoms with Crippen molar-refractivity contribution in [3.05, 3.63) is 29.8 Å². The van der Waals surface area contributed by atoms with Gasteiger partial charge in [0.25, 0.3) is 0 Å². The maximum atomic E-state index is 12.0. The van der Waals surface area contributed by atoms with E-state index in [-0.39, 0.29) is 61.8 Å². The van der Waals surface area contributed by atoms with Crippen LogP contribution in [0.1, 0.15) is 5.56 Å². The van der Waals surface area contributed by atoms with Gasteiger partial charge in [0.2, 0.25) is 10.0 Å². The van der Waals surface area contributed by atoms with Gasteiger partial charge in [-0.3, -0.25) is 0 Å². The molecule has 0 spiro atoms. The molecule has 2 N–H and O–H groups in total. The van der Waals surface area contributed by atoms with Crippen molar-refractivity contribution in [3.8, 4) is 0 Å². The first-order valence-electron chi connectivity index (χ1n) is 4.01. The van der Waals surface area contributed by atoms with Gasteiger partial charge in [-0.1, -0.05) is 24.0 Å². The Morgan fingerprint density at radius 3 is 1.88 bits per heavy atom. The van der Waals surface area contributed by atoms with Crippen LogP contribution in [0.5, 0.6) is 0 Å². The largest absolute Gasteiger partial charge is 1.00 e. The molecule has 0 radical (unpaired) electrons. The van der Waals surface area contributed by atoms with Crippen molar-refractivity contribution in [2.45, 2.75) is 11.2 Å². The Morgan fingerprint density at radius 2 is 1.56 bits per heavy atom. The minimum absolute atomic E-state index is 0. The summed E-state index contributed by atoms with van der Waals surface area (Å²) in [5.74, 6) is 0. The van der Waals surface area contributed by atoms with Crippen molar-refractivity contribution in [1.29, 1.82) is 0 Å². The number of hydrogen-bond acceptors (Lipinski definition) is 2. The quantitative estimate of drug-likeness (QED) is 0.667. The van der Waals surface area contributed by atoms with Crippen LogP contribution < -0.4 is 56.5 Å². The summed E-state index contributed by atoms with van der Waals surface area (Å²) >= 11 is 0. The molecule has 0 saturated heterocycles. The van der Waals surface area contributed by atoms with Crippen LogP contribution in [0.25, 0.3) is 0 Å². The summed E-state index contributed by atoms with van der Waals surface area (Å²) in [4.78, 5) is -0.194. The number of hydrogen-bond donors (Lipinski definition) is 1. The molecule has 0 atom stereocenters. The molecule has 0 aromatic heterocycles. The molecule has 0 saturated carbocycles. The molecule has 0 unspecified atom stereocenters. The molecule has 0 amide bonds. The van der Waals surface area contributed by atoms with E-state index in [0.717, 1.165) is 24.3 Å². The fraction of sp³-hybridized carbons (Fsp3) is 0.143. The predicted octanol–water partition coefficient (Wildman–Crippen LogP) is -1.73. The minimum atomic E-state index is -4.91. The van der Waals surface area contributed by atoms with Gasteiger partial charge < -0.3 is 12.9 Å². The Bertz CT molecular complexity index is 446. The first-order chi connectivity index (χ1) is 6.68. The third-order valence-electron chi connectivity index (χ3n) is 1.72. The molecule has 0 aliphatic carbocycles. The second-order valence-corrected chi connectivity index (χ2v) is 4.66. The molecule has 1 aromatic carbocycles. The van der Waals surface area contributed by atoms with Gasteiger partial charge in [-0.2, -0.15) is 0 Å². The fourth-order valence-electron chi connectivity index (χ4n) is 1.08. The van der Waals surface area contributed by atoms with E-state index in [1.54, 1.807) is 0 Å². The van der Waals surface area contributed by atoms with Crippen molar-refractivity contribution in [2.24, 2.45) is 5.14 Å². The topological polar surface area (TPSA) is 60.2 Å². The maximum Gasteiger partial charge on any atom is 1.00 e. The molecule has 0 fully saturated rings. The SMILES string of the molecule is NS(=O)(=O)c1ccc(C[B-](F)(F)F)cc1.[K+]. The van der Waals surface area contributed by atoms with Crippen LogP contribution in [0.15, 0.2) is 29.2 Å². The van der Waals surface area contributed by atoms with Gasteiger partial charge in [-0.05, 0) is 12.1 Å². The van der Waals surface area contributed by atoms with E-state index in [1.165, 1.54) is 0 Å². The van der Waals surface area contributed by atoms with Gasteiger partial charge in [0.15, 0.2) is 0 Å². The van der Waals surface area contributed by atoms with E-state index in [9.17, 15) is 21.4 Å². The van der Waals surface area contributed by atoms with Gasteiger partial charge in [-0.25, -0.2) is 13.6 Å². The molecule has 1 aromatic rings. The third kappa shape index (κ3) is 5.80. The molecule has 0 aliphatic heterocycles. The van der Waals surface area contributed by atoms with Crippen LogP contribution in [0.3, 0.4) is 0 Å². The second kappa shape index (κ2) is 5.99. The zero-order valence-corrected chi connectivity index (χ0v) is 12.5. The number of primary sulfonamides is 1. The molecule has 84 valence electrons. The van der Waals surface area contributed by atoms with Crippen LogP contribution in [-0.2, 0) is 16.3 Å². The summed E-state index contributed by atoms with van der Waals surface area (Å²) in [6.07, 6.45) is -1.02. The maximum absolute atomic E-state index is 12.0. The van der Waals surface area contributed by atoms with Crippen LogP contribution in [0.2, 0.25) is 0 Å². The van der Waals surface area contributed by atoms with Crippen molar-refractivity contribution in [2.75, 3.05) is 0 Å². The Hall–Kier alpha value is 0.621. The monoisotopic (exact) mass is 277 g/mol. The first-order valence-corrected chi connectivity index (χ1v) is 5.56. The first kappa shape index (κ1) is 16.6. The van der Waals surface area contributed by atoms with Gasteiger partial charge >= 0.3 is 58.4 Å². The molecule has 0 bridgehead atoms. The van der Waals surface area contributed by atoms with E-state index in [2.05, 4.69) is 0 Å². The zero-order valence-electron chi connectivity index (χ0n) is 8.53. The Labute approximate surface area is 134 Å². The van der Waals surface area contributed by atoms with Crippen LogP contribution in [0, 0.1) is 0 Å². The summed E-state index contributed by atoms with van der Waals surface area (Å²) in [5, 5.41) is 4.79. The van der Waals surface area contributed by atoms with Crippen LogP contribution >= 0.6 is 0 Å². The molecule has 0 aliphatic rings. The van der Waals surface area contributed by atoms with E-state index in [1.807, 2.05) is 0 Å². The van der Waals surface area contributed by atoms with E-state index < -0.39 is 23.3 Å². The summed E-state index contributed by atoms with van der Waals surface area (Å²) in [5.41, 5.74) is 0.0231. The zero-order chi connectivity index (χ0) is 11.7. The molecule has 1 rings (SSSR count). The summed E-state index contributed by atoms with van der Waals surface area (Å²) in [6, 6.07) is 4.34. The molecule has 9 heteroatoms. The number of sulfonamides is 1. The van der Waals surface area contributed by atoms with E-state index in [0.29, 0.717) is 0 Å². The number of nitrogens with two attached hydrogens (primary N) is 1. The predicted molar refractivity (Wildman–Crippen MR) is 50.6 cm³/mol. The standard InChI is InChI=1S/C7H8BF3NO2S.K/c9-8(10,11)5-6-1-3-7(4-2-6)15(12,13)14;/h1-4H,5H2,(H2,12,13,14);/q-1;+1. The molecule has 3 nitrogen and oxygen atoms in total. The Kier molecular flexibility index (Phi) is 6.22. The second-order valence-electron chi connectivity index (χ2n) is 3.10. The molecular formula is C7H8BF3KNO2S. The average molecular weight is 277 g/mol. The van der Waals surface area contributed by atoms with E-state index in [4.69, 9.17) is 5.14 Å². The number of benzene rings is 1. The Morgan fingerprint density at radius 1 is 1.12 bits per heavy atom. The number of rotatable bonds is 3. The van der Waals surface area contributed by atoms with Crippen molar-refractivity contribution >= 4 is 17.0 Å². The average Bonchev–Trinajstić information content (AvgIpc) is 2.00. The fourth-order valence-corrected chi connectivity index (χ4v) is 1.60. The normalized spacial score (nSPS) is 12.0. The molecular weight excluding hydrogens is 269 g/mol. The van der Waals surface area contributed by atoms with Crippen molar-refractivity contribution in [3.63, 3.8) is 0 Å². The van der Waals surface area contributed by atoms with Gasteiger partial charge in [-0.15, -0.1) is 0 Å². The summed E-state index contributed by atoms with van der Waals surface area (Å²) in [7, 11) is -3.84. The smallest absolute Gasteiger partial charge is 0.449 e. The van der Waals surface area contributed by atoms with Gasteiger partial charge in [0.05, 0.1) is 4.90 Å². The molecule has 0 heterocycles. The van der Waals surface area contributed by atoms with Gasteiger partial charge in [0, 0.05) is 0 Å². The Balaban J connectivity index is 0.00000225. The minimum Gasteiger partial charge on any atom is -0.449 e. The molecule has 16 heavy (non-hydrogen) atoms. The van der Waals surface area contributed by atoms with Crippen LogP contribution in [0.4, 0.5) is 12.9 Å². The third-order valence-corrected chi connectivity index (χ3v) is 2.65. The van der Waals surface area contributed by atoms with Crippen molar-refractivity contribution < 1.29 is 72.7 Å². The van der Waals surface area contributed by atoms with Crippen molar-refractivity contribution in [1.82, 2.24) is 0 Å². The summed E-state index contributed by atoms with van der Waals surface area (Å²) in [6.45, 7) is -4.91. The van der Waals surface area contributed by atoms with E-state index >= 15 is 0 Å². The van der Waals surface area contributed by atoms with Crippen LogP contribution in [-0.4, -0.2) is 15.4 Å². The summed E-state index contributed by atoms with van der Waals surface area (Å²) < 4.78 is 57.6.